The number of rotatable bonds is 6. The monoisotopic (exact) mass is 354 g/mol. The van der Waals surface area contributed by atoms with Gasteiger partial charge in [0, 0.05) is 6.92 Å². The fraction of sp³-hybridized carbons (Fsp3) is 0.300. The van der Waals surface area contributed by atoms with Gasteiger partial charge in [0.1, 0.15) is 0 Å². The van der Waals surface area contributed by atoms with Gasteiger partial charge in [-0.05, 0) is 30.2 Å². The molecule has 0 aromatic heterocycles. The molecule has 2 amide bonds. The highest BCUT2D eigenvalue weighted by molar-refractivity contribution is 5.79. The van der Waals surface area contributed by atoms with Gasteiger partial charge in [0.2, 0.25) is 18.6 Å². The van der Waals surface area contributed by atoms with Gasteiger partial charge < -0.3 is 20.1 Å². The van der Waals surface area contributed by atoms with E-state index in [2.05, 4.69) is 10.6 Å². The Bertz CT molecular complexity index is 792. The molecule has 2 aromatic rings. The highest BCUT2D eigenvalue weighted by Gasteiger charge is 2.20. The highest BCUT2D eigenvalue weighted by Crippen LogP contribution is 2.34. The van der Waals surface area contributed by atoms with Crippen molar-refractivity contribution in [2.24, 2.45) is 0 Å². The molecule has 6 heteroatoms. The van der Waals surface area contributed by atoms with Crippen molar-refractivity contribution in [3.63, 3.8) is 0 Å². The Kier molecular flexibility index (Phi) is 5.41. The van der Waals surface area contributed by atoms with E-state index in [1.54, 1.807) is 0 Å². The van der Waals surface area contributed by atoms with Crippen LogP contribution in [0.5, 0.6) is 11.5 Å². The average molecular weight is 354 g/mol. The van der Waals surface area contributed by atoms with E-state index in [0.29, 0.717) is 11.5 Å². The molecule has 6 nitrogen and oxygen atoms in total. The summed E-state index contributed by atoms with van der Waals surface area (Å²) in [6.07, 6.45) is 0.165. The van der Waals surface area contributed by atoms with E-state index in [-0.39, 0.29) is 37.1 Å². The molecule has 136 valence electrons. The number of ether oxygens (including phenoxy) is 2. The summed E-state index contributed by atoms with van der Waals surface area (Å²) in [6.45, 7) is 3.57. The molecule has 0 spiro atoms. The molecule has 26 heavy (non-hydrogen) atoms. The summed E-state index contributed by atoms with van der Waals surface area (Å²) in [6, 6.07) is 14.5. The predicted molar refractivity (Wildman–Crippen MR) is 96.7 cm³/mol. The molecule has 1 heterocycles. The minimum Gasteiger partial charge on any atom is -0.454 e. The van der Waals surface area contributed by atoms with Crippen molar-refractivity contribution >= 4 is 11.8 Å². The van der Waals surface area contributed by atoms with Gasteiger partial charge in [-0.25, -0.2) is 0 Å². The number of hydrogen-bond acceptors (Lipinski definition) is 4. The fourth-order valence-corrected chi connectivity index (χ4v) is 2.93. The van der Waals surface area contributed by atoms with Crippen LogP contribution in [0.3, 0.4) is 0 Å². The Morgan fingerprint density at radius 2 is 1.73 bits per heavy atom. The lowest BCUT2D eigenvalue weighted by Crippen LogP contribution is -2.33. The van der Waals surface area contributed by atoms with Crippen LogP contribution in [0.25, 0.3) is 0 Å². The third-order valence-corrected chi connectivity index (χ3v) is 4.24. The van der Waals surface area contributed by atoms with Gasteiger partial charge in [0.15, 0.2) is 11.5 Å². The molecule has 1 aliphatic rings. The molecule has 0 aliphatic carbocycles. The second-order valence-electron chi connectivity index (χ2n) is 6.27. The van der Waals surface area contributed by atoms with Crippen LogP contribution in [0.15, 0.2) is 48.5 Å². The summed E-state index contributed by atoms with van der Waals surface area (Å²) in [5.74, 6) is 1.08. The quantitative estimate of drug-likeness (QED) is 0.836. The van der Waals surface area contributed by atoms with E-state index in [1.165, 1.54) is 6.92 Å². The number of fused-ring (bicyclic) bond motifs is 1. The fourth-order valence-electron chi connectivity index (χ4n) is 2.93. The first-order valence-electron chi connectivity index (χ1n) is 8.54. The minimum absolute atomic E-state index is 0.141. The van der Waals surface area contributed by atoms with Gasteiger partial charge >= 0.3 is 0 Å². The van der Waals surface area contributed by atoms with Crippen molar-refractivity contribution in [3.8, 4) is 11.5 Å². The van der Waals surface area contributed by atoms with Gasteiger partial charge in [-0.2, -0.15) is 0 Å². The van der Waals surface area contributed by atoms with Crippen LogP contribution in [-0.2, 0) is 9.59 Å². The van der Waals surface area contributed by atoms with Crippen LogP contribution < -0.4 is 20.1 Å². The maximum Gasteiger partial charge on any atom is 0.231 e. The summed E-state index contributed by atoms with van der Waals surface area (Å²) in [5, 5.41) is 5.81. The van der Waals surface area contributed by atoms with E-state index in [1.807, 2.05) is 55.5 Å². The summed E-state index contributed by atoms with van der Waals surface area (Å²) in [5.41, 5.74) is 1.83. The SMILES string of the molecule is CC(=O)NC(CC(=O)NC(C)c1ccc2c(c1)OCO2)c1ccccc1. The first kappa shape index (κ1) is 17.8. The van der Waals surface area contributed by atoms with Crippen LogP contribution in [0.1, 0.15) is 43.5 Å². The number of carbonyl (C=O) groups is 2. The van der Waals surface area contributed by atoms with Crippen LogP contribution in [0.2, 0.25) is 0 Å². The lowest BCUT2D eigenvalue weighted by molar-refractivity contribution is -0.123. The van der Waals surface area contributed by atoms with E-state index < -0.39 is 0 Å². The lowest BCUT2D eigenvalue weighted by atomic mass is 10.0. The maximum absolute atomic E-state index is 12.5. The Morgan fingerprint density at radius 3 is 2.46 bits per heavy atom. The van der Waals surface area contributed by atoms with Crippen molar-refractivity contribution in [1.82, 2.24) is 10.6 Å². The molecule has 3 rings (SSSR count). The third kappa shape index (κ3) is 4.33. The van der Waals surface area contributed by atoms with Gasteiger partial charge in [-0.3, -0.25) is 9.59 Å². The smallest absolute Gasteiger partial charge is 0.231 e. The van der Waals surface area contributed by atoms with Crippen LogP contribution >= 0.6 is 0 Å². The predicted octanol–water partition coefficient (Wildman–Crippen LogP) is 2.86. The summed E-state index contributed by atoms with van der Waals surface area (Å²) in [4.78, 5) is 24.0. The van der Waals surface area contributed by atoms with Crippen molar-refractivity contribution < 1.29 is 19.1 Å². The molecular weight excluding hydrogens is 332 g/mol. The zero-order valence-corrected chi connectivity index (χ0v) is 14.8. The Labute approximate surface area is 152 Å². The summed E-state index contributed by atoms with van der Waals surface area (Å²) in [7, 11) is 0. The molecule has 2 N–H and O–H groups in total. The first-order valence-corrected chi connectivity index (χ1v) is 8.54. The molecule has 0 radical (unpaired) electrons. The molecule has 0 saturated heterocycles. The Hall–Kier alpha value is -3.02. The average Bonchev–Trinajstić information content (AvgIpc) is 3.09. The van der Waals surface area contributed by atoms with Crippen LogP contribution in [-0.4, -0.2) is 18.6 Å². The third-order valence-electron chi connectivity index (χ3n) is 4.24. The number of benzene rings is 2. The molecule has 2 atom stereocenters. The zero-order chi connectivity index (χ0) is 18.5. The zero-order valence-electron chi connectivity index (χ0n) is 14.8. The second-order valence-corrected chi connectivity index (χ2v) is 6.27. The van der Waals surface area contributed by atoms with Crippen LogP contribution in [0, 0.1) is 0 Å². The topological polar surface area (TPSA) is 76.7 Å². The van der Waals surface area contributed by atoms with Gasteiger partial charge in [0.25, 0.3) is 0 Å². The van der Waals surface area contributed by atoms with Crippen molar-refractivity contribution in [2.45, 2.75) is 32.4 Å². The molecule has 2 aromatic carbocycles. The number of hydrogen-bond donors (Lipinski definition) is 2. The van der Waals surface area contributed by atoms with Gasteiger partial charge in [-0.1, -0.05) is 36.4 Å². The number of amides is 2. The normalized spacial score (nSPS) is 14.4. The van der Waals surface area contributed by atoms with E-state index in [9.17, 15) is 9.59 Å². The van der Waals surface area contributed by atoms with Crippen molar-refractivity contribution in [3.05, 3.63) is 59.7 Å². The highest BCUT2D eigenvalue weighted by atomic mass is 16.7. The van der Waals surface area contributed by atoms with Crippen molar-refractivity contribution in [2.75, 3.05) is 6.79 Å². The number of carbonyl (C=O) groups excluding carboxylic acids is 2. The molecular formula is C20H22N2O4. The second kappa shape index (κ2) is 7.91. The largest absolute Gasteiger partial charge is 0.454 e. The molecule has 0 saturated carbocycles. The summed E-state index contributed by atoms with van der Waals surface area (Å²) >= 11 is 0. The summed E-state index contributed by atoms with van der Waals surface area (Å²) < 4.78 is 10.7. The molecule has 0 bridgehead atoms. The van der Waals surface area contributed by atoms with E-state index in [4.69, 9.17) is 9.47 Å². The first-order chi connectivity index (χ1) is 12.5. The molecule has 1 aliphatic heterocycles. The maximum atomic E-state index is 12.5. The van der Waals surface area contributed by atoms with Crippen molar-refractivity contribution in [1.29, 1.82) is 0 Å². The van der Waals surface area contributed by atoms with E-state index >= 15 is 0 Å². The Balaban J connectivity index is 1.65. The minimum atomic E-state index is -0.363. The standard InChI is InChI=1S/C20H22N2O4/c1-13(16-8-9-18-19(10-16)26-12-25-18)21-20(24)11-17(22-14(2)23)15-6-4-3-5-7-15/h3-10,13,17H,11-12H2,1-2H3,(H,21,24)(H,22,23). The van der Waals surface area contributed by atoms with Gasteiger partial charge in [0.05, 0.1) is 18.5 Å². The number of nitrogens with one attached hydrogen (secondary N) is 2. The molecule has 2 unspecified atom stereocenters. The van der Waals surface area contributed by atoms with Crippen LogP contribution in [0.4, 0.5) is 0 Å². The van der Waals surface area contributed by atoms with Gasteiger partial charge in [-0.15, -0.1) is 0 Å². The lowest BCUT2D eigenvalue weighted by Gasteiger charge is -2.20. The molecule has 0 fully saturated rings. The van der Waals surface area contributed by atoms with E-state index in [0.717, 1.165) is 11.1 Å². The Morgan fingerprint density at radius 1 is 1.00 bits per heavy atom.